The van der Waals surface area contributed by atoms with E-state index in [0.29, 0.717) is 11.3 Å². The molecule has 2 amide bonds. The minimum absolute atomic E-state index is 0.0521. The Balaban J connectivity index is 1.30. The first-order valence-corrected chi connectivity index (χ1v) is 11.4. The molecule has 9 heteroatoms. The number of anilines is 2. The first-order valence-electron chi connectivity index (χ1n) is 11.4. The van der Waals surface area contributed by atoms with E-state index in [1.54, 1.807) is 42.6 Å². The number of fused-ring (bicyclic) bond motifs is 1. The van der Waals surface area contributed by atoms with Crippen molar-refractivity contribution in [3.63, 3.8) is 0 Å². The number of benzene rings is 3. The second-order valence-corrected chi connectivity index (χ2v) is 8.05. The molecule has 0 spiro atoms. The number of rotatable bonds is 6. The molecule has 5 rings (SSSR count). The van der Waals surface area contributed by atoms with Crippen LogP contribution in [0.2, 0.25) is 0 Å². The minimum Gasteiger partial charge on any atom is -0.507 e. The van der Waals surface area contributed by atoms with Gasteiger partial charge in [0.1, 0.15) is 5.75 Å². The fourth-order valence-electron chi connectivity index (χ4n) is 3.74. The molecule has 0 radical (unpaired) electrons. The van der Waals surface area contributed by atoms with Crippen LogP contribution in [0.25, 0.3) is 23.1 Å². The number of pyridine rings is 1. The number of phenolic OH excluding ortho intramolecular Hbond substituents is 1. The predicted molar refractivity (Wildman–Crippen MR) is 142 cm³/mol. The van der Waals surface area contributed by atoms with Gasteiger partial charge in [0.15, 0.2) is 0 Å². The van der Waals surface area contributed by atoms with Crippen molar-refractivity contribution in [2.75, 3.05) is 5.32 Å². The van der Waals surface area contributed by atoms with E-state index in [-0.39, 0.29) is 11.3 Å². The molecule has 0 aliphatic carbocycles. The molecule has 0 aliphatic rings. The standard InChI is InChI=1S/C28H22N6O3/c35-26-11-4-2-9-22(26)28(37)34-33-27(36)21-8-1-3-10-23(21)30-19-12-14-20-24(31-32-25(20)17-19)15-13-18-7-5-6-16-29-18/h1-17,30,35H,(H,31,32)(H,33,36)(H,34,37)/b15-13+. The number of nitrogens with one attached hydrogen (secondary N) is 4. The molecule has 0 fully saturated rings. The van der Waals surface area contributed by atoms with E-state index < -0.39 is 11.8 Å². The zero-order valence-electron chi connectivity index (χ0n) is 19.5. The highest BCUT2D eigenvalue weighted by atomic mass is 16.3. The topological polar surface area (TPSA) is 132 Å². The van der Waals surface area contributed by atoms with Gasteiger partial charge in [0.05, 0.1) is 33.7 Å². The van der Waals surface area contributed by atoms with Gasteiger partial charge in [0.2, 0.25) is 0 Å². The van der Waals surface area contributed by atoms with Crippen molar-refractivity contribution in [1.82, 2.24) is 26.0 Å². The van der Waals surface area contributed by atoms with Gasteiger partial charge in [0.25, 0.3) is 11.8 Å². The van der Waals surface area contributed by atoms with Gasteiger partial charge >= 0.3 is 0 Å². The van der Waals surface area contributed by atoms with Crippen LogP contribution in [0, 0.1) is 0 Å². The van der Waals surface area contributed by atoms with Gasteiger partial charge in [-0.2, -0.15) is 5.10 Å². The molecule has 2 aromatic heterocycles. The third-order valence-corrected chi connectivity index (χ3v) is 5.58. The maximum atomic E-state index is 12.8. The molecule has 2 heterocycles. The van der Waals surface area contributed by atoms with E-state index in [1.807, 2.05) is 48.6 Å². The highest BCUT2D eigenvalue weighted by Crippen LogP contribution is 2.26. The van der Waals surface area contributed by atoms with Crippen LogP contribution in [0.5, 0.6) is 5.75 Å². The summed E-state index contributed by atoms with van der Waals surface area (Å²) in [7, 11) is 0. The van der Waals surface area contributed by atoms with E-state index in [2.05, 4.69) is 31.3 Å². The third kappa shape index (κ3) is 5.30. The van der Waals surface area contributed by atoms with E-state index in [9.17, 15) is 14.7 Å². The molecule has 182 valence electrons. The number of carbonyl (C=O) groups is 2. The third-order valence-electron chi connectivity index (χ3n) is 5.58. The number of aromatic amines is 1. The Hall–Kier alpha value is -5.44. The van der Waals surface area contributed by atoms with Crippen molar-refractivity contribution in [3.8, 4) is 5.75 Å². The number of hydrogen-bond donors (Lipinski definition) is 5. The molecule has 5 aromatic rings. The molecule has 5 N–H and O–H groups in total. The molecule has 0 aliphatic heterocycles. The number of aromatic hydroxyl groups is 1. The number of hydrogen-bond acceptors (Lipinski definition) is 6. The molecule has 0 atom stereocenters. The second kappa shape index (κ2) is 10.4. The van der Waals surface area contributed by atoms with Gasteiger partial charge in [0, 0.05) is 17.3 Å². The van der Waals surface area contributed by atoms with Crippen LogP contribution in [0.15, 0.2) is 91.1 Å². The van der Waals surface area contributed by atoms with Gasteiger partial charge in [-0.05, 0) is 66.7 Å². The highest BCUT2D eigenvalue weighted by molar-refractivity contribution is 6.03. The molecule has 0 saturated heterocycles. The summed E-state index contributed by atoms with van der Waals surface area (Å²) in [6.07, 6.45) is 5.53. The van der Waals surface area contributed by atoms with E-state index in [4.69, 9.17) is 0 Å². The van der Waals surface area contributed by atoms with Crippen molar-refractivity contribution >= 4 is 46.2 Å². The number of para-hydroxylation sites is 2. The first kappa shape index (κ1) is 23.3. The Bertz CT molecular complexity index is 1610. The summed E-state index contributed by atoms with van der Waals surface area (Å²) in [5.41, 5.74) is 8.83. The van der Waals surface area contributed by atoms with Crippen molar-refractivity contribution in [2.24, 2.45) is 0 Å². The lowest BCUT2D eigenvalue weighted by Crippen LogP contribution is -2.41. The van der Waals surface area contributed by atoms with Gasteiger partial charge < -0.3 is 10.4 Å². The average Bonchev–Trinajstić information content (AvgIpc) is 3.33. The highest BCUT2D eigenvalue weighted by Gasteiger charge is 2.15. The Labute approximate surface area is 211 Å². The number of nitrogens with zero attached hydrogens (tertiary/aromatic N) is 2. The van der Waals surface area contributed by atoms with Gasteiger partial charge in [-0.25, -0.2) is 0 Å². The number of phenols is 1. The lowest BCUT2D eigenvalue weighted by molar-refractivity contribution is 0.0845. The second-order valence-electron chi connectivity index (χ2n) is 8.05. The molecule has 37 heavy (non-hydrogen) atoms. The molecule has 0 bridgehead atoms. The Morgan fingerprint density at radius 1 is 0.811 bits per heavy atom. The summed E-state index contributed by atoms with van der Waals surface area (Å²) in [5, 5.41) is 21.4. The fraction of sp³-hybridized carbons (Fsp3) is 0. The summed E-state index contributed by atoms with van der Waals surface area (Å²) in [6.45, 7) is 0. The van der Waals surface area contributed by atoms with E-state index in [1.165, 1.54) is 12.1 Å². The average molecular weight is 491 g/mol. The lowest BCUT2D eigenvalue weighted by Gasteiger charge is -2.13. The number of hydrazine groups is 1. The maximum absolute atomic E-state index is 12.8. The number of aromatic nitrogens is 3. The first-order chi connectivity index (χ1) is 18.1. The van der Waals surface area contributed by atoms with E-state index in [0.717, 1.165) is 28.0 Å². The largest absolute Gasteiger partial charge is 0.507 e. The lowest BCUT2D eigenvalue weighted by atomic mass is 10.1. The minimum atomic E-state index is -0.630. The Morgan fingerprint density at radius 2 is 1.54 bits per heavy atom. The van der Waals surface area contributed by atoms with Crippen molar-refractivity contribution in [3.05, 3.63) is 114 Å². The summed E-state index contributed by atoms with van der Waals surface area (Å²) in [4.78, 5) is 29.4. The fourth-order valence-corrected chi connectivity index (χ4v) is 3.74. The Morgan fingerprint density at radius 3 is 2.32 bits per heavy atom. The monoisotopic (exact) mass is 490 g/mol. The SMILES string of the molecule is O=C(NNC(=O)c1ccccc1Nc1ccc2c(/C=C/c3ccccn3)n[nH]c2c1)c1ccccc1O. The number of amides is 2. The number of H-pyrrole nitrogens is 1. The van der Waals surface area contributed by atoms with Crippen molar-refractivity contribution in [2.45, 2.75) is 0 Å². The van der Waals surface area contributed by atoms with Crippen LogP contribution in [0.1, 0.15) is 32.1 Å². The molecule has 0 unspecified atom stereocenters. The van der Waals surface area contributed by atoms with Gasteiger partial charge in [-0.3, -0.25) is 30.5 Å². The van der Waals surface area contributed by atoms with E-state index >= 15 is 0 Å². The van der Waals surface area contributed by atoms with Gasteiger partial charge in [-0.1, -0.05) is 30.3 Å². The van der Waals surface area contributed by atoms with Crippen LogP contribution in [0.4, 0.5) is 11.4 Å². The predicted octanol–water partition coefficient (Wildman–Crippen LogP) is 4.65. The van der Waals surface area contributed by atoms with Crippen molar-refractivity contribution < 1.29 is 14.7 Å². The quantitative estimate of drug-likeness (QED) is 0.220. The van der Waals surface area contributed by atoms with Crippen molar-refractivity contribution in [1.29, 1.82) is 0 Å². The number of carbonyl (C=O) groups excluding carboxylic acids is 2. The molecular weight excluding hydrogens is 468 g/mol. The van der Waals surface area contributed by atoms with Crippen LogP contribution in [-0.4, -0.2) is 32.1 Å². The summed E-state index contributed by atoms with van der Waals surface area (Å²) < 4.78 is 0. The normalized spacial score (nSPS) is 10.9. The van der Waals surface area contributed by atoms with Crippen LogP contribution in [0.3, 0.4) is 0 Å². The smallest absolute Gasteiger partial charge is 0.273 e. The zero-order valence-corrected chi connectivity index (χ0v) is 19.5. The molecule has 3 aromatic carbocycles. The zero-order chi connectivity index (χ0) is 25.6. The van der Waals surface area contributed by atoms with Crippen LogP contribution >= 0.6 is 0 Å². The molecular formula is C28H22N6O3. The summed E-state index contributed by atoms with van der Waals surface area (Å²) in [5.74, 6) is -1.33. The van der Waals surface area contributed by atoms with Gasteiger partial charge in [-0.15, -0.1) is 0 Å². The summed E-state index contributed by atoms with van der Waals surface area (Å²) >= 11 is 0. The maximum Gasteiger partial charge on any atom is 0.273 e. The molecule has 9 nitrogen and oxygen atoms in total. The Kier molecular flexibility index (Phi) is 6.58. The molecule has 0 saturated carbocycles. The van der Waals surface area contributed by atoms with Crippen LogP contribution in [-0.2, 0) is 0 Å². The van der Waals surface area contributed by atoms with Crippen LogP contribution < -0.4 is 16.2 Å². The summed E-state index contributed by atoms with van der Waals surface area (Å²) in [6, 6.07) is 24.4.